The molecule has 1 amide bonds. The van der Waals surface area contributed by atoms with Crippen molar-refractivity contribution < 1.29 is 19.4 Å². The lowest BCUT2D eigenvalue weighted by Gasteiger charge is -2.27. The Balaban J connectivity index is 3.00. The average Bonchev–Trinajstić information content (AvgIpc) is 2.42. The molecule has 1 rings (SSSR count). The minimum Gasteiger partial charge on any atom is -0.491 e. The highest BCUT2D eigenvalue weighted by atomic mass is 16.5. The lowest BCUT2D eigenvalue weighted by atomic mass is 10.1. The van der Waals surface area contributed by atoms with Gasteiger partial charge in [0.25, 0.3) is 5.91 Å². The summed E-state index contributed by atoms with van der Waals surface area (Å²) in [6.45, 7) is 7.28. The van der Waals surface area contributed by atoms with Gasteiger partial charge < -0.3 is 14.7 Å². The topological polar surface area (TPSA) is 66.8 Å². The first-order valence-electron chi connectivity index (χ1n) is 7.14. The molecular formula is C16H23NO4. The monoisotopic (exact) mass is 293 g/mol. The molecule has 0 radical (unpaired) electrons. The van der Waals surface area contributed by atoms with Gasteiger partial charge in [-0.05, 0) is 45.4 Å². The van der Waals surface area contributed by atoms with Crippen LogP contribution in [-0.2, 0) is 4.79 Å². The van der Waals surface area contributed by atoms with Crippen molar-refractivity contribution >= 4 is 11.9 Å². The predicted octanol–water partition coefficient (Wildman–Crippen LogP) is 2.80. The fourth-order valence-electron chi connectivity index (χ4n) is 1.93. The highest BCUT2D eigenvalue weighted by Gasteiger charge is 2.23. The van der Waals surface area contributed by atoms with Crippen LogP contribution >= 0.6 is 0 Å². The molecule has 5 nitrogen and oxygen atoms in total. The van der Waals surface area contributed by atoms with Crippen LogP contribution in [-0.4, -0.2) is 40.6 Å². The van der Waals surface area contributed by atoms with Crippen LogP contribution in [0.15, 0.2) is 24.3 Å². The summed E-state index contributed by atoms with van der Waals surface area (Å²) < 4.78 is 5.57. The summed E-state index contributed by atoms with van der Waals surface area (Å²) in [4.78, 5) is 24.9. The zero-order chi connectivity index (χ0) is 16.0. The van der Waals surface area contributed by atoms with Gasteiger partial charge in [-0.15, -0.1) is 0 Å². The summed E-state index contributed by atoms with van der Waals surface area (Å²) >= 11 is 0. The Morgan fingerprint density at radius 1 is 1.29 bits per heavy atom. The quantitative estimate of drug-likeness (QED) is 0.839. The Morgan fingerprint density at radius 3 is 2.48 bits per heavy atom. The molecule has 1 atom stereocenters. The Morgan fingerprint density at radius 2 is 1.95 bits per heavy atom. The van der Waals surface area contributed by atoms with Gasteiger partial charge in [0.2, 0.25) is 0 Å². The van der Waals surface area contributed by atoms with Crippen LogP contribution in [0, 0.1) is 0 Å². The molecule has 0 aromatic heterocycles. The Labute approximate surface area is 125 Å². The number of amides is 1. The summed E-state index contributed by atoms with van der Waals surface area (Å²) in [5.74, 6) is -0.700. The van der Waals surface area contributed by atoms with E-state index < -0.39 is 5.97 Å². The van der Waals surface area contributed by atoms with Crippen molar-refractivity contribution in [2.24, 2.45) is 0 Å². The van der Waals surface area contributed by atoms with Gasteiger partial charge in [0.1, 0.15) is 12.3 Å². The van der Waals surface area contributed by atoms with Crippen LogP contribution in [0.5, 0.6) is 5.75 Å². The molecule has 116 valence electrons. The van der Waals surface area contributed by atoms with Gasteiger partial charge in [0, 0.05) is 11.6 Å². The summed E-state index contributed by atoms with van der Waals surface area (Å²) in [5, 5.41) is 8.98. The highest BCUT2D eigenvalue weighted by molar-refractivity contribution is 5.96. The third-order valence-electron chi connectivity index (χ3n) is 3.14. The summed E-state index contributed by atoms with van der Waals surface area (Å²) in [6, 6.07) is 6.71. The molecule has 1 unspecified atom stereocenters. The van der Waals surface area contributed by atoms with E-state index in [0.717, 1.165) is 0 Å². The second kappa shape index (κ2) is 7.67. The number of rotatable bonds is 7. The smallest absolute Gasteiger partial charge is 0.323 e. The molecule has 0 aliphatic heterocycles. The van der Waals surface area contributed by atoms with E-state index in [1.54, 1.807) is 24.3 Å². The number of aliphatic carboxylic acids is 1. The zero-order valence-corrected chi connectivity index (χ0v) is 13.0. The molecule has 0 saturated carbocycles. The van der Waals surface area contributed by atoms with Crippen LogP contribution in [0.2, 0.25) is 0 Å². The van der Waals surface area contributed by atoms with Crippen LogP contribution < -0.4 is 4.74 Å². The molecular weight excluding hydrogens is 270 g/mol. The Bertz CT molecular complexity index is 499. The first kappa shape index (κ1) is 17.0. The van der Waals surface area contributed by atoms with Crippen molar-refractivity contribution in [3.63, 3.8) is 0 Å². The second-order valence-corrected chi connectivity index (χ2v) is 5.28. The predicted molar refractivity (Wildman–Crippen MR) is 80.6 cm³/mol. The van der Waals surface area contributed by atoms with Gasteiger partial charge in [-0.1, -0.05) is 13.0 Å². The molecule has 1 aromatic carbocycles. The molecule has 0 spiro atoms. The third kappa shape index (κ3) is 5.10. The molecule has 0 bridgehead atoms. The van der Waals surface area contributed by atoms with Crippen molar-refractivity contribution in [3.05, 3.63) is 29.8 Å². The number of carboxylic acids is 1. The van der Waals surface area contributed by atoms with Gasteiger partial charge in [-0.3, -0.25) is 9.59 Å². The van der Waals surface area contributed by atoms with E-state index in [2.05, 4.69) is 0 Å². The SMILES string of the molecule is CCC(C)N(CC(=O)O)C(=O)c1cccc(OC(C)C)c1. The Hall–Kier alpha value is -2.04. The third-order valence-corrected chi connectivity index (χ3v) is 3.14. The average molecular weight is 293 g/mol. The molecule has 0 aliphatic rings. The number of carboxylic acid groups (broad SMARTS) is 1. The van der Waals surface area contributed by atoms with E-state index in [4.69, 9.17) is 9.84 Å². The summed E-state index contributed by atoms with van der Waals surface area (Å²) in [6.07, 6.45) is 0.710. The number of hydrogen-bond donors (Lipinski definition) is 1. The largest absolute Gasteiger partial charge is 0.491 e. The fourth-order valence-corrected chi connectivity index (χ4v) is 1.93. The molecule has 5 heteroatoms. The molecule has 0 saturated heterocycles. The van der Waals surface area contributed by atoms with E-state index in [-0.39, 0.29) is 24.6 Å². The van der Waals surface area contributed by atoms with Gasteiger partial charge in [0.05, 0.1) is 6.10 Å². The maximum atomic E-state index is 12.5. The number of carbonyl (C=O) groups excluding carboxylic acids is 1. The van der Waals surface area contributed by atoms with Crippen molar-refractivity contribution in [2.75, 3.05) is 6.54 Å². The first-order valence-corrected chi connectivity index (χ1v) is 7.14. The number of benzene rings is 1. The highest BCUT2D eigenvalue weighted by Crippen LogP contribution is 2.18. The normalized spacial score (nSPS) is 12.0. The zero-order valence-electron chi connectivity index (χ0n) is 13.0. The standard InChI is InChI=1S/C16H23NO4/c1-5-12(4)17(10-15(18)19)16(20)13-7-6-8-14(9-13)21-11(2)3/h6-9,11-12H,5,10H2,1-4H3,(H,18,19). The first-order chi connectivity index (χ1) is 9.85. The van der Waals surface area contributed by atoms with E-state index in [0.29, 0.717) is 17.7 Å². The van der Waals surface area contributed by atoms with Gasteiger partial charge >= 0.3 is 5.97 Å². The second-order valence-electron chi connectivity index (χ2n) is 5.28. The van der Waals surface area contributed by atoms with Crippen molar-refractivity contribution in [1.29, 1.82) is 0 Å². The van der Waals surface area contributed by atoms with E-state index >= 15 is 0 Å². The molecule has 0 heterocycles. The van der Waals surface area contributed by atoms with Crippen molar-refractivity contribution in [2.45, 2.75) is 46.3 Å². The molecule has 1 N–H and O–H groups in total. The van der Waals surface area contributed by atoms with Crippen LogP contribution in [0.3, 0.4) is 0 Å². The van der Waals surface area contributed by atoms with Crippen LogP contribution in [0.4, 0.5) is 0 Å². The van der Waals surface area contributed by atoms with E-state index in [1.807, 2.05) is 27.7 Å². The number of ether oxygens (including phenoxy) is 1. The van der Waals surface area contributed by atoms with E-state index in [9.17, 15) is 9.59 Å². The van der Waals surface area contributed by atoms with E-state index in [1.165, 1.54) is 4.90 Å². The summed E-state index contributed by atoms with van der Waals surface area (Å²) in [7, 11) is 0. The fraction of sp³-hybridized carbons (Fsp3) is 0.500. The van der Waals surface area contributed by atoms with Gasteiger partial charge in [0.15, 0.2) is 0 Å². The Kier molecular flexibility index (Phi) is 6.21. The maximum Gasteiger partial charge on any atom is 0.323 e. The summed E-state index contributed by atoms with van der Waals surface area (Å²) in [5.41, 5.74) is 0.440. The molecule has 0 aliphatic carbocycles. The molecule has 1 aromatic rings. The lowest BCUT2D eigenvalue weighted by molar-refractivity contribution is -0.138. The maximum absolute atomic E-state index is 12.5. The van der Waals surface area contributed by atoms with Crippen molar-refractivity contribution in [1.82, 2.24) is 4.90 Å². The van der Waals surface area contributed by atoms with Gasteiger partial charge in [-0.2, -0.15) is 0 Å². The lowest BCUT2D eigenvalue weighted by Crippen LogP contribution is -2.41. The number of carbonyl (C=O) groups is 2. The minimum absolute atomic E-state index is 0.0139. The number of hydrogen-bond acceptors (Lipinski definition) is 3. The molecule has 0 fully saturated rings. The minimum atomic E-state index is -1.02. The van der Waals surface area contributed by atoms with Crippen LogP contribution in [0.25, 0.3) is 0 Å². The van der Waals surface area contributed by atoms with Gasteiger partial charge in [-0.25, -0.2) is 0 Å². The number of nitrogens with zero attached hydrogens (tertiary/aromatic N) is 1. The van der Waals surface area contributed by atoms with Crippen molar-refractivity contribution in [3.8, 4) is 5.75 Å². The molecule has 21 heavy (non-hydrogen) atoms. The van der Waals surface area contributed by atoms with Crippen LogP contribution in [0.1, 0.15) is 44.5 Å².